The van der Waals surface area contributed by atoms with Crippen molar-refractivity contribution in [1.82, 2.24) is 9.80 Å². The molecule has 25 heavy (non-hydrogen) atoms. The van der Waals surface area contributed by atoms with Gasteiger partial charge in [0, 0.05) is 26.2 Å². The molecule has 0 bridgehead atoms. The maximum absolute atomic E-state index is 13.0. The molecule has 2 atom stereocenters. The first-order valence-corrected chi connectivity index (χ1v) is 8.88. The Morgan fingerprint density at radius 1 is 0.880 bits per heavy atom. The predicted molar refractivity (Wildman–Crippen MR) is 99.2 cm³/mol. The summed E-state index contributed by atoms with van der Waals surface area (Å²) in [6, 6.07) is 19.5. The Bertz CT molecular complexity index is 667. The summed E-state index contributed by atoms with van der Waals surface area (Å²) < 4.78 is 5.84. The lowest BCUT2D eigenvalue weighted by Crippen LogP contribution is -2.48. The van der Waals surface area contributed by atoms with Crippen LogP contribution in [0.4, 0.5) is 0 Å². The fourth-order valence-corrected chi connectivity index (χ4v) is 3.24. The quantitative estimate of drug-likeness (QED) is 0.783. The minimum Gasteiger partial charge on any atom is -0.456 e. The smallest absolute Gasteiger partial charge is 0.328 e. The number of likely N-dealkylation sites (N-methyl/N-ethyl adjacent to an activating group) is 1. The van der Waals surface area contributed by atoms with E-state index in [-0.39, 0.29) is 18.1 Å². The molecule has 0 N–H and O–H groups in total. The van der Waals surface area contributed by atoms with E-state index in [1.54, 1.807) is 0 Å². The monoisotopic (exact) mass is 338 g/mol. The summed E-state index contributed by atoms with van der Waals surface area (Å²) in [5.41, 5.74) is 2.01. The molecular weight excluding hydrogens is 312 g/mol. The van der Waals surface area contributed by atoms with Crippen LogP contribution in [0.25, 0.3) is 0 Å². The van der Waals surface area contributed by atoms with Gasteiger partial charge in [0.1, 0.15) is 12.1 Å². The highest BCUT2D eigenvalue weighted by Crippen LogP contribution is 2.27. The lowest BCUT2D eigenvalue weighted by Gasteiger charge is -2.37. The molecule has 0 radical (unpaired) electrons. The SMILES string of the molecule is CC(OC(=O)C(c1ccccc1)N1CCN(C)CC1)c1ccccc1. The zero-order valence-corrected chi connectivity index (χ0v) is 15.0. The van der Waals surface area contributed by atoms with Crippen molar-refractivity contribution in [1.29, 1.82) is 0 Å². The summed E-state index contributed by atoms with van der Waals surface area (Å²) in [5, 5.41) is 0. The Balaban J connectivity index is 1.78. The van der Waals surface area contributed by atoms with E-state index in [2.05, 4.69) is 16.8 Å². The van der Waals surface area contributed by atoms with Crippen LogP contribution < -0.4 is 0 Å². The molecule has 0 amide bonds. The molecule has 132 valence electrons. The van der Waals surface area contributed by atoms with E-state index in [1.807, 2.05) is 67.6 Å². The summed E-state index contributed by atoms with van der Waals surface area (Å²) in [6.07, 6.45) is -0.257. The predicted octanol–water partition coefficient (Wildman–Crippen LogP) is 3.28. The molecule has 0 spiro atoms. The summed E-state index contributed by atoms with van der Waals surface area (Å²) in [4.78, 5) is 17.6. The number of carbonyl (C=O) groups excluding carboxylic acids is 1. The van der Waals surface area contributed by atoms with Crippen LogP contribution in [-0.2, 0) is 9.53 Å². The van der Waals surface area contributed by atoms with E-state index in [0.29, 0.717) is 0 Å². The van der Waals surface area contributed by atoms with Gasteiger partial charge >= 0.3 is 5.97 Å². The molecule has 0 aliphatic carbocycles. The average molecular weight is 338 g/mol. The van der Waals surface area contributed by atoms with Crippen molar-refractivity contribution < 1.29 is 9.53 Å². The number of esters is 1. The second kappa shape index (κ2) is 8.28. The lowest BCUT2D eigenvalue weighted by molar-refractivity contribution is -0.156. The minimum atomic E-state index is -0.346. The van der Waals surface area contributed by atoms with Gasteiger partial charge in [-0.05, 0) is 25.1 Å². The molecule has 0 aromatic heterocycles. The van der Waals surface area contributed by atoms with Gasteiger partial charge in [-0.15, -0.1) is 0 Å². The van der Waals surface area contributed by atoms with E-state index < -0.39 is 0 Å². The van der Waals surface area contributed by atoms with Crippen LogP contribution in [0.3, 0.4) is 0 Å². The van der Waals surface area contributed by atoms with Gasteiger partial charge in [0.05, 0.1) is 0 Å². The van der Waals surface area contributed by atoms with Crippen molar-refractivity contribution in [3.05, 3.63) is 71.8 Å². The molecule has 1 aliphatic heterocycles. The summed E-state index contributed by atoms with van der Waals surface area (Å²) in [5.74, 6) is -0.174. The van der Waals surface area contributed by atoms with Gasteiger partial charge in [0.15, 0.2) is 0 Å². The van der Waals surface area contributed by atoms with Gasteiger partial charge in [0.25, 0.3) is 0 Å². The van der Waals surface area contributed by atoms with Crippen LogP contribution in [0.1, 0.15) is 30.2 Å². The van der Waals surface area contributed by atoms with Gasteiger partial charge in [-0.1, -0.05) is 60.7 Å². The van der Waals surface area contributed by atoms with Crippen molar-refractivity contribution in [3.8, 4) is 0 Å². The summed E-state index contributed by atoms with van der Waals surface area (Å²) in [6.45, 7) is 5.59. The normalized spacial score (nSPS) is 18.5. The van der Waals surface area contributed by atoms with Crippen LogP contribution in [0.5, 0.6) is 0 Å². The Hall–Kier alpha value is -2.17. The third-order valence-corrected chi connectivity index (χ3v) is 4.80. The highest BCUT2D eigenvalue weighted by molar-refractivity contribution is 5.78. The number of piperazine rings is 1. The number of benzene rings is 2. The van der Waals surface area contributed by atoms with E-state index in [0.717, 1.165) is 37.3 Å². The third-order valence-electron chi connectivity index (χ3n) is 4.80. The molecule has 1 heterocycles. The number of nitrogens with zero attached hydrogens (tertiary/aromatic N) is 2. The van der Waals surface area contributed by atoms with E-state index in [4.69, 9.17) is 4.74 Å². The highest BCUT2D eigenvalue weighted by Gasteiger charge is 2.32. The minimum absolute atomic E-state index is 0.174. The number of hydrogen-bond acceptors (Lipinski definition) is 4. The maximum Gasteiger partial charge on any atom is 0.328 e. The topological polar surface area (TPSA) is 32.8 Å². The fourth-order valence-electron chi connectivity index (χ4n) is 3.24. The Labute approximate surface area is 150 Å². The largest absolute Gasteiger partial charge is 0.456 e. The summed E-state index contributed by atoms with van der Waals surface area (Å²) in [7, 11) is 2.12. The number of hydrogen-bond donors (Lipinski definition) is 0. The van der Waals surface area contributed by atoms with Crippen molar-refractivity contribution in [2.45, 2.75) is 19.1 Å². The van der Waals surface area contributed by atoms with Crippen LogP contribution in [0.15, 0.2) is 60.7 Å². The molecule has 2 aromatic rings. The molecule has 0 saturated carbocycles. The number of ether oxygens (including phenoxy) is 1. The number of rotatable bonds is 5. The molecule has 2 aromatic carbocycles. The molecule has 1 fully saturated rings. The van der Waals surface area contributed by atoms with Crippen LogP contribution in [0.2, 0.25) is 0 Å². The van der Waals surface area contributed by atoms with Crippen molar-refractivity contribution >= 4 is 5.97 Å². The number of carbonyl (C=O) groups is 1. The second-order valence-electron chi connectivity index (χ2n) is 6.64. The van der Waals surface area contributed by atoms with Crippen molar-refractivity contribution in [3.63, 3.8) is 0 Å². The highest BCUT2D eigenvalue weighted by atomic mass is 16.5. The Kier molecular flexibility index (Phi) is 5.84. The average Bonchev–Trinajstić information content (AvgIpc) is 2.65. The molecule has 2 unspecified atom stereocenters. The van der Waals surface area contributed by atoms with Crippen molar-refractivity contribution in [2.24, 2.45) is 0 Å². The third kappa shape index (κ3) is 4.47. The van der Waals surface area contributed by atoms with E-state index >= 15 is 0 Å². The standard InChI is InChI=1S/C21H26N2O2/c1-17(18-9-5-3-6-10-18)25-21(24)20(19-11-7-4-8-12-19)23-15-13-22(2)14-16-23/h3-12,17,20H,13-16H2,1-2H3. The van der Waals surface area contributed by atoms with Crippen LogP contribution >= 0.6 is 0 Å². The second-order valence-corrected chi connectivity index (χ2v) is 6.64. The molecule has 3 rings (SSSR count). The van der Waals surface area contributed by atoms with E-state index in [1.165, 1.54) is 0 Å². The zero-order valence-electron chi connectivity index (χ0n) is 15.0. The first-order valence-electron chi connectivity index (χ1n) is 8.88. The molecule has 4 heteroatoms. The van der Waals surface area contributed by atoms with Crippen molar-refractivity contribution in [2.75, 3.05) is 33.2 Å². The van der Waals surface area contributed by atoms with Crippen LogP contribution in [0, 0.1) is 0 Å². The molecule has 1 aliphatic rings. The van der Waals surface area contributed by atoms with Gasteiger partial charge in [-0.25, -0.2) is 4.79 Å². The molecule has 4 nitrogen and oxygen atoms in total. The van der Waals surface area contributed by atoms with Gasteiger partial charge in [-0.2, -0.15) is 0 Å². The van der Waals surface area contributed by atoms with Gasteiger partial charge < -0.3 is 9.64 Å². The van der Waals surface area contributed by atoms with Crippen LogP contribution in [-0.4, -0.2) is 49.0 Å². The van der Waals surface area contributed by atoms with Gasteiger partial charge in [0.2, 0.25) is 0 Å². The van der Waals surface area contributed by atoms with Gasteiger partial charge in [-0.3, -0.25) is 4.90 Å². The zero-order chi connectivity index (χ0) is 17.6. The Morgan fingerprint density at radius 3 is 1.96 bits per heavy atom. The maximum atomic E-state index is 13.0. The van der Waals surface area contributed by atoms with E-state index in [9.17, 15) is 4.79 Å². The fraction of sp³-hybridized carbons (Fsp3) is 0.381. The molecular formula is C21H26N2O2. The first-order chi connectivity index (χ1) is 12.1. The molecule has 1 saturated heterocycles. The summed E-state index contributed by atoms with van der Waals surface area (Å²) >= 11 is 0. The lowest BCUT2D eigenvalue weighted by atomic mass is 10.0. The Morgan fingerprint density at radius 2 is 1.40 bits per heavy atom. The first kappa shape index (κ1) is 17.6.